The molecule has 1 N–H and O–H groups in total. The first-order valence-corrected chi connectivity index (χ1v) is 6.62. The molecule has 1 unspecified atom stereocenters. The van der Waals surface area contributed by atoms with E-state index in [0.29, 0.717) is 6.54 Å². The second-order valence-corrected chi connectivity index (χ2v) is 6.04. The summed E-state index contributed by atoms with van der Waals surface area (Å²) >= 11 is 0. The minimum absolute atomic E-state index is 0.0698. The molecule has 1 aromatic carbocycles. The van der Waals surface area contributed by atoms with Crippen LogP contribution >= 0.6 is 0 Å². The number of carbonyl (C=O) groups is 1. The third-order valence-electron chi connectivity index (χ3n) is 4.87. The molecule has 1 amide bonds. The first-order valence-electron chi connectivity index (χ1n) is 6.62. The summed E-state index contributed by atoms with van der Waals surface area (Å²) in [6.07, 6.45) is 1.05. The van der Waals surface area contributed by atoms with Crippen molar-refractivity contribution in [3.8, 4) is 0 Å². The number of hydrogen-bond acceptors (Lipinski definition) is 2. The molecular formula is C15H20N2O. The highest BCUT2D eigenvalue weighted by Crippen LogP contribution is 2.51. The van der Waals surface area contributed by atoms with Crippen LogP contribution in [0.1, 0.15) is 38.8 Å². The van der Waals surface area contributed by atoms with Crippen molar-refractivity contribution >= 4 is 11.6 Å². The van der Waals surface area contributed by atoms with Crippen molar-refractivity contribution in [3.05, 3.63) is 29.3 Å². The van der Waals surface area contributed by atoms with Crippen LogP contribution in [0.2, 0.25) is 0 Å². The van der Waals surface area contributed by atoms with E-state index in [9.17, 15) is 4.79 Å². The average molecular weight is 244 g/mol. The van der Waals surface area contributed by atoms with Gasteiger partial charge in [0.15, 0.2) is 0 Å². The van der Waals surface area contributed by atoms with Crippen molar-refractivity contribution in [2.45, 2.75) is 45.2 Å². The number of nitrogens with one attached hydrogen (secondary N) is 1. The molecule has 96 valence electrons. The van der Waals surface area contributed by atoms with E-state index in [4.69, 9.17) is 0 Å². The minimum Gasteiger partial charge on any atom is -0.339 e. The fourth-order valence-corrected chi connectivity index (χ4v) is 3.30. The highest BCUT2D eigenvalue weighted by molar-refractivity contribution is 5.90. The van der Waals surface area contributed by atoms with E-state index in [0.717, 1.165) is 6.42 Å². The molecule has 2 heterocycles. The Morgan fingerprint density at radius 2 is 2.06 bits per heavy atom. The molecule has 0 spiro atoms. The van der Waals surface area contributed by atoms with Crippen LogP contribution in [0.15, 0.2) is 18.2 Å². The van der Waals surface area contributed by atoms with E-state index >= 15 is 0 Å². The largest absolute Gasteiger partial charge is 0.339 e. The zero-order valence-electron chi connectivity index (χ0n) is 11.5. The van der Waals surface area contributed by atoms with Gasteiger partial charge in [0.2, 0.25) is 5.91 Å². The van der Waals surface area contributed by atoms with Gasteiger partial charge in [-0.25, -0.2) is 0 Å². The van der Waals surface area contributed by atoms with Gasteiger partial charge in [0.1, 0.15) is 5.66 Å². The molecular weight excluding hydrogens is 224 g/mol. The summed E-state index contributed by atoms with van der Waals surface area (Å²) in [6, 6.07) is 6.63. The Labute approximate surface area is 108 Å². The standard InChI is InChI=1S/C15H20N2O/c1-5-10-6-7-12-11(8-10)14(2,3)15(4)16-13(18)9-17(12)15/h6-8H,5,9H2,1-4H3,(H,16,18). The number of nitrogens with zero attached hydrogens (tertiary/aromatic N) is 1. The molecule has 3 rings (SSSR count). The lowest BCUT2D eigenvalue weighted by Crippen LogP contribution is -2.57. The number of rotatable bonds is 1. The Balaban J connectivity index is 2.21. The van der Waals surface area contributed by atoms with Crippen LogP contribution in [0.3, 0.4) is 0 Å². The predicted molar refractivity (Wildman–Crippen MR) is 72.7 cm³/mol. The molecule has 18 heavy (non-hydrogen) atoms. The van der Waals surface area contributed by atoms with Crippen LogP contribution in [-0.2, 0) is 16.6 Å². The fraction of sp³-hybridized carbons (Fsp3) is 0.533. The van der Waals surface area contributed by atoms with Gasteiger partial charge in [-0.3, -0.25) is 4.79 Å². The first-order chi connectivity index (χ1) is 8.40. The van der Waals surface area contributed by atoms with Gasteiger partial charge in [-0.2, -0.15) is 0 Å². The topological polar surface area (TPSA) is 32.3 Å². The summed E-state index contributed by atoms with van der Waals surface area (Å²) in [7, 11) is 0. The molecule has 0 aliphatic carbocycles. The van der Waals surface area contributed by atoms with Crippen LogP contribution in [-0.4, -0.2) is 18.1 Å². The van der Waals surface area contributed by atoms with E-state index in [-0.39, 0.29) is 17.0 Å². The molecule has 3 nitrogen and oxygen atoms in total. The third-order valence-corrected chi connectivity index (χ3v) is 4.87. The van der Waals surface area contributed by atoms with Crippen LogP contribution in [0.4, 0.5) is 5.69 Å². The molecule has 0 aromatic heterocycles. The van der Waals surface area contributed by atoms with Crippen molar-refractivity contribution in [1.82, 2.24) is 5.32 Å². The smallest absolute Gasteiger partial charge is 0.241 e. The highest BCUT2D eigenvalue weighted by Gasteiger charge is 2.58. The molecule has 0 saturated carbocycles. The molecule has 1 atom stereocenters. The van der Waals surface area contributed by atoms with Crippen molar-refractivity contribution < 1.29 is 4.79 Å². The Kier molecular flexibility index (Phi) is 2.11. The highest BCUT2D eigenvalue weighted by atomic mass is 16.2. The van der Waals surface area contributed by atoms with E-state index < -0.39 is 0 Å². The molecule has 2 aliphatic heterocycles. The average Bonchev–Trinajstić information content (AvgIpc) is 2.71. The van der Waals surface area contributed by atoms with E-state index in [1.54, 1.807) is 0 Å². The molecule has 0 radical (unpaired) electrons. The van der Waals surface area contributed by atoms with Crippen molar-refractivity contribution in [1.29, 1.82) is 0 Å². The lowest BCUT2D eigenvalue weighted by Gasteiger charge is -2.39. The number of fused-ring (bicyclic) bond motifs is 3. The summed E-state index contributed by atoms with van der Waals surface area (Å²) in [4.78, 5) is 13.9. The minimum atomic E-state index is -0.293. The van der Waals surface area contributed by atoms with E-state index in [1.807, 2.05) is 0 Å². The predicted octanol–water partition coefficient (Wildman–Crippen LogP) is 2.19. The van der Waals surface area contributed by atoms with Crippen LogP contribution in [0.25, 0.3) is 0 Å². The number of benzene rings is 1. The zero-order valence-corrected chi connectivity index (χ0v) is 11.5. The first kappa shape index (κ1) is 11.6. The third kappa shape index (κ3) is 1.17. The maximum atomic E-state index is 11.7. The van der Waals surface area contributed by atoms with Crippen molar-refractivity contribution in [2.75, 3.05) is 11.4 Å². The summed E-state index contributed by atoms with van der Waals surface area (Å²) in [5, 5.41) is 3.15. The van der Waals surface area contributed by atoms with Gasteiger partial charge in [-0.15, -0.1) is 0 Å². The monoisotopic (exact) mass is 244 g/mol. The van der Waals surface area contributed by atoms with Crippen molar-refractivity contribution in [2.24, 2.45) is 0 Å². The molecule has 0 bridgehead atoms. The van der Waals surface area contributed by atoms with Gasteiger partial charge >= 0.3 is 0 Å². The Hall–Kier alpha value is -1.51. The number of aryl methyl sites for hydroxylation is 1. The number of carbonyl (C=O) groups excluding carboxylic acids is 1. The van der Waals surface area contributed by atoms with Gasteiger partial charge in [-0.1, -0.05) is 32.9 Å². The molecule has 3 heteroatoms. The maximum Gasteiger partial charge on any atom is 0.241 e. The molecule has 1 fully saturated rings. The van der Waals surface area contributed by atoms with Gasteiger partial charge in [0, 0.05) is 11.1 Å². The van der Waals surface area contributed by atoms with E-state index in [2.05, 4.69) is 56.1 Å². The Morgan fingerprint density at radius 1 is 1.33 bits per heavy atom. The van der Waals surface area contributed by atoms with Crippen LogP contribution in [0.5, 0.6) is 0 Å². The quantitative estimate of drug-likeness (QED) is 0.821. The second-order valence-electron chi connectivity index (χ2n) is 6.04. The van der Waals surface area contributed by atoms with Crippen molar-refractivity contribution in [3.63, 3.8) is 0 Å². The molecule has 1 saturated heterocycles. The Bertz CT molecular complexity index is 535. The van der Waals surface area contributed by atoms with Gasteiger partial charge < -0.3 is 10.2 Å². The second kappa shape index (κ2) is 3.28. The summed E-state index contributed by atoms with van der Waals surface area (Å²) in [5.74, 6) is 0.121. The molecule has 1 aromatic rings. The van der Waals surface area contributed by atoms with Crippen LogP contribution in [0, 0.1) is 0 Å². The SMILES string of the molecule is CCc1ccc2c(c1)C(C)(C)C1(C)NC(=O)CN21. The summed E-state index contributed by atoms with van der Waals surface area (Å²) in [5.41, 5.74) is 3.55. The lowest BCUT2D eigenvalue weighted by atomic mass is 9.76. The zero-order chi connectivity index (χ0) is 13.1. The van der Waals surface area contributed by atoms with Gasteiger partial charge in [0.05, 0.1) is 6.54 Å². The summed E-state index contributed by atoms with van der Waals surface area (Å²) < 4.78 is 0. The van der Waals surface area contributed by atoms with Crippen LogP contribution < -0.4 is 10.2 Å². The fourth-order valence-electron chi connectivity index (χ4n) is 3.30. The van der Waals surface area contributed by atoms with E-state index in [1.165, 1.54) is 16.8 Å². The number of anilines is 1. The van der Waals surface area contributed by atoms with Gasteiger partial charge in [0.25, 0.3) is 0 Å². The number of hydrogen-bond donors (Lipinski definition) is 1. The number of amides is 1. The molecule has 2 aliphatic rings. The Morgan fingerprint density at radius 3 is 2.72 bits per heavy atom. The summed E-state index contributed by atoms with van der Waals surface area (Å²) in [6.45, 7) is 9.21. The maximum absolute atomic E-state index is 11.7. The van der Waals surface area contributed by atoms with Gasteiger partial charge in [-0.05, 0) is 30.5 Å². The lowest BCUT2D eigenvalue weighted by molar-refractivity contribution is -0.119. The normalized spacial score (nSPS) is 28.0.